The van der Waals surface area contributed by atoms with E-state index in [-0.39, 0.29) is 17.6 Å². The number of thiocarbonyl (C=S) groups is 1. The highest BCUT2D eigenvalue weighted by molar-refractivity contribution is 7.80. The lowest BCUT2D eigenvalue weighted by Gasteiger charge is -2.27. The Kier molecular flexibility index (Phi) is 5.30. The van der Waals surface area contributed by atoms with Gasteiger partial charge in [0.2, 0.25) is 0 Å². The van der Waals surface area contributed by atoms with Crippen molar-refractivity contribution >= 4 is 23.3 Å². The van der Waals surface area contributed by atoms with Gasteiger partial charge in [0.15, 0.2) is 5.11 Å². The maximum Gasteiger partial charge on any atom is 0.335 e. The lowest BCUT2D eigenvalue weighted by Crippen LogP contribution is -2.29. The van der Waals surface area contributed by atoms with Crippen molar-refractivity contribution in [2.75, 3.05) is 6.54 Å². The second-order valence-corrected chi connectivity index (χ2v) is 7.81. The molecule has 1 aliphatic rings. The van der Waals surface area contributed by atoms with Crippen LogP contribution < -0.4 is 5.32 Å². The third kappa shape index (κ3) is 3.35. The third-order valence-electron chi connectivity index (χ3n) is 5.70. The molecule has 7 heteroatoms. The molecule has 2 aromatic heterocycles. The molecular weight excluding hydrogens is 396 g/mol. The van der Waals surface area contributed by atoms with Gasteiger partial charge in [0.1, 0.15) is 0 Å². The number of carboxylic acids is 1. The molecule has 0 amide bonds. The number of pyridine rings is 1. The molecule has 0 spiro atoms. The van der Waals surface area contributed by atoms with Crippen molar-refractivity contribution in [2.24, 2.45) is 0 Å². The Morgan fingerprint density at radius 3 is 2.53 bits per heavy atom. The van der Waals surface area contributed by atoms with E-state index < -0.39 is 5.97 Å². The molecule has 3 aromatic rings. The molecule has 1 saturated heterocycles. The number of hydrogen-bond donors (Lipinski definition) is 2. The molecule has 2 atom stereocenters. The van der Waals surface area contributed by atoms with Crippen LogP contribution in [-0.4, -0.2) is 37.2 Å². The highest BCUT2D eigenvalue weighted by atomic mass is 32.1. The van der Waals surface area contributed by atoms with Gasteiger partial charge in [-0.2, -0.15) is 0 Å². The SMILES string of the molecule is CCN1C(=S)N[C@@H](c2ccccn2)[C@@H]1c1cc(C)n(-c2ccc(C(=O)O)cc2)c1C. The summed E-state index contributed by atoms with van der Waals surface area (Å²) in [5.41, 5.74) is 5.54. The summed E-state index contributed by atoms with van der Waals surface area (Å²) in [4.78, 5) is 18.0. The summed E-state index contributed by atoms with van der Waals surface area (Å²) in [6.07, 6.45) is 1.80. The maximum absolute atomic E-state index is 11.2. The van der Waals surface area contributed by atoms with E-state index in [2.05, 4.69) is 46.6 Å². The van der Waals surface area contributed by atoms with Crippen LogP contribution in [0.15, 0.2) is 54.7 Å². The molecule has 3 heterocycles. The highest BCUT2D eigenvalue weighted by Crippen LogP contribution is 2.41. The van der Waals surface area contributed by atoms with Crippen molar-refractivity contribution in [3.63, 3.8) is 0 Å². The zero-order valence-electron chi connectivity index (χ0n) is 17.2. The van der Waals surface area contributed by atoms with Gasteiger partial charge in [0.25, 0.3) is 0 Å². The first kappa shape index (κ1) is 20.1. The predicted octanol–water partition coefficient (Wildman–Crippen LogP) is 4.18. The second-order valence-electron chi connectivity index (χ2n) is 7.43. The van der Waals surface area contributed by atoms with Crippen LogP contribution in [0.3, 0.4) is 0 Å². The highest BCUT2D eigenvalue weighted by Gasteiger charge is 2.40. The first-order valence-electron chi connectivity index (χ1n) is 9.93. The van der Waals surface area contributed by atoms with E-state index in [1.54, 1.807) is 18.3 Å². The van der Waals surface area contributed by atoms with E-state index in [4.69, 9.17) is 12.2 Å². The quantitative estimate of drug-likeness (QED) is 0.604. The fourth-order valence-electron chi connectivity index (χ4n) is 4.32. The molecule has 6 nitrogen and oxygen atoms in total. The van der Waals surface area contributed by atoms with Crippen LogP contribution in [0.4, 0.5) is 0 Å². The molecule has 4 rings (SSSR count). The van der Waals surface area contributed by atoms with Crippen LogP contribution in [0.1, 0.15) is 52.0 Å². The van der Waals surface area contributed by atoms with E-state index in [0.29, 0.717) is 0 Å². The van der Waals surface area contributed by atoms with Crippen LogP contribution in [0.2, 0.25) is 0 Å². The summed E-state index contributed by atoms with van der Waals surface area (Å²) in [6.45, 7) is 7.05. The Labute approximate surface area is 181 Å². The third-order valence-corrected chi connectivity index (χ3v) is 6.05. The molecule has 0 saturated carbocycles. The molecule has 30 heavy (non-hydrogen) atoms. The van der Waals surface area contributed by atoms with Crippen molar-refractivity contribution in [2.45, 2.75) is 32.9 Å². The molecule has 1 fully saturated rings. The van der Waals surface area contributed by atoms with E-state index >= 15 is 0 Å². The molecule has 1 aliphatic heterocycles. The minimum absolute atomic E-state index is 0.0237. The summed E-state index contributed by atoms with van der Waals surface area (Å²) in [6, 6.07) is 15.1. The van der Waals surface area contributed by atoms with Gasteiger partial charge in [-0.3, -0.25) is 4.98 Å². The van der Waals surface area contributed by atoms with Crippen LogP contribution in [0, 0.1) is 13.8 Å². The standard InChI is InChI=1S/C23H24N4O2S/c1-4-26-21(20(25-23(26)30)19-7-5-6-12-24-19)18-13-14(2)27(15(18)3)17-10-8-16(9-11-17)22(28)29/h5-13,20-21H,4H2,1-3H3,(H,25,30)(H,28,29)/t20-,21-/m0/s1. The monoisotopic (exact) mass is 420 g/mol. The number of likely N-dealkylation sites (N-methyl/N-ethyl adjacent to an activating group) is 1. The Bertz CT molecular complexity index is 1090. The molecule has 154 valence electrons. The van der Waals surface area contributed by atoms with E-state index in [1.807, 2.05) is 30.3 Å². The van der Waals surface area contributed by atoms with Gasteiger partial charge in [-0.1, -0.05) is 6.07 Å². The summed E-state index contributed by atoms with van der Waals surface area (Å²) in [7, 11) is 0. The molecule has 0 radical (unpaired) electrons. The van der Waals surface area contributed by atoms with Crippen molar-refractivity contribution in [1.82, 2.24) is 19.8 Å². The number of carboxylic acid groups (broad SMARTS) is 1. The Hall–Kier alpha value is -3.19. The molecule has 0 bridgehead atoms. The largest absolute Gasteiger partial charge is 0.478 e. The van der Waals surface area contributed by atoms with Gasteiger partial charge >= 0.3 is 5.97 Å². The number of benzene rings is 1. The first-order valence-corrected chi connectivity index (χ1v) is 10.3. The summed E-state index contributed by atoms with van der Waals surface area (Å²) < 4.78 is 2.16. The molecular formula is C23H24N4O2S. The zero-order chi connectivity index (χ0) is 21.4. The smallest absolute Gasteiger partial charge is 0.335 e. The molecule has 1 aromatic carbocycles. The van der Waals surface area contributed by atoms with E-state index in [9.17, 15) is 9.90 Å². The average molecular weight is 421 g/mol. The van der Waals surface area contributed by atoms with Gasteiger partial charge in [-0.05, 0) is 81.0 Å². The van der Waals surface area contributed by atoms with Crippen LogP contribution >= 0.6 is 12.2 Å². The maximum atomic E-state index is 11.2. The first-order chi connectivity index (χ1) is 14.4. The summed E-state index contributed by atoms with van der Waals surface area (Å²) in [5, 5.41) is 13.4. The summed E-state index contributed by atoms with van der Waals surface area (Å²) in [5.74, 6) is -0.925. The van der Waals surface area contributed by atoms with Crippen LogP contribution in [0.5, 0.6) is 0 Å². The fraction of sp³-hybridized carbons (Fsp3) is 0.261. The van der Waals surface area contributed by atoms with Gasteiger partial charge in [0, 0.05) is 29.8 Å². The minimum atomic E-state index is -0.925. The molecule has 0 aliphatic carbocycles. The zero-order valence-corrected chi connectivity index (χ0v) is 18.0. The van der Waals surface area contributed by atoms with E-state index in [0.717, 1.165) is 34.4 Å². The number of aromatic carboxylic acids is 1. The number of hydrogen-bond acceptors (Lipinski definition) is 3. The Morgan fingerprint density at radius 1 is 1.20 bits per heavy atom. The van der Waals surface area contributed by atoms with Gasteiger partial charge < -0.3 is 19.9 Å². The lowest BCUT2D eigenvalue weighted by molar-refractivity contribution is 0.0697. The fourth-order valence-corrected chi connectivity index (χ4v) is 4.69. The van der Waals surface area contributed by atoms with Gasteiger partial charge in [-0.15, -0.1) is 0 Å². The minimum Gasteiger partial charge on any atom is -0.478 e. The lowest BCUT2D eigenvalue weighted by atomic mass is 9.97. The number of nitrogens with one attached hydrogen (secondary N) is 1. The van der Waals surface area contributed by atoms with Crippen molar-refractivity contribution in [3.8, 4) is 5.69 Å². The molecule has 0 unspecified atom stereocenters. The number of nitrogens with zero attached hydrogens (tertiary/aromatic N) is 3. The van der Waals surface area contributed by atoms with Crippen LogP contribution in [0.25, 0.3) is 5.69 Å². The van der Waals surface area contributed by atoms with Crippen LogP contribution in [-0.2, 0) is 0 Å². The molecule has 2 N–H and O–H groups in total. The summed E-state index contributed by atoms with van der Waals surface area (Å²) >= 11 is 5.63. The topological polar surface area (TPSA) is 70.4 Å². The normalized spacial score (nSPS) is 18.5. The second kappa shape index (κ2) is 7.91. The van der Waals surface area contributed by atoms with Crippen molar-refractivity contribution in [1.29, 1.82) is 0 Å². The number of aryl methyl sites for hydroxylation is 1. The van der Waals surface area contributed by atoms with E-state index in [1.165, 1.54) is 5.56 Å². The predicted molar refractivity (Wildman–Crippen MR) is 120 cm³/mol. The average Bonchev–Trinajstić information content (AvgIpc) is 3.23. The number of carbonyl (C=O) groups is 1. The van der Waals surface area contributed by atoms with Crippen molar-refractivity contribution in [3.05, 3.63) is 82.9 Å². The Balaban J connectivity index is 1.80. The van der Waals surface area contributed by atoms with Gasteiger partial charge in [-0.25, -0.2) is 4.79 Å². The number of aromatic nitrogens is 2. The van der Waals surface area contributed by atoms with Gasteiger partial charge in [0.05, 0.1) is 23.3 Å². The number of rotatable bonds is 5. The Morgan fingerprint density at radius 2 is 1.93 bits per heavy atom. The van der Waals surface area contributed by atoms with Crippen molar-refractivity contribution < 1.29 is 9.90 Å².